The predicted molar refractivity (Wildman–Crippen MR) is 74.3 cm³/mol. The van der Waals surface area contributed by atoms with Gasteiger partial charge in [0.1, 0.15) is 5.82 Å². The lowest BCUT2D eigenvalue weighted by Crippen LogP contribution is -2.38. The fraction of sp³-hybridized carbons (Fsp3) is 0.625. The standard InChI is InChI=1S/C16H24FN/c1-2-18-13-16(11-7-3-4-8-12-16)14-9-5-6-10-15(14)17/h5-6,9-10,18H,2-4,7-8,11-13H2,1H3. The maximum atomic E-state index is 14.2. The zero-order chi connectivity index (χ0) is 12.8. The van der Waals surface area contributed by atoms with E-state index in [0.29, 0.717) is 0 Å². The van der Waals surface area contributed by atoms with Crippen LogP contribution in [-0.2, 0) is 5.41 Å². The summed E-state index contributed by atoms with van der Waals surface area (Å²) in [5.74, 6) is -0.0303. The molecule has 1 saturated carbocycles. The SMILES string of the molecule is CCNCC1(c2ccccc2F)CCCCCC1. The molecule has 0 aliphatic heterocycles. The largest absolute Gasteiger partial charge is 0.316 e. The van der Waals surface area contributed by atoms with Crippen molar-refractivity contribution in [2.45, 2.75) is 50.9 Å². The summed E-state index contributed by atoms with van der Waals surface area (Å²) in [6.07, 6.45) is 7.26. The normalized spacial score (nSPS) is 19.4. The lowest BCUT2D eigenvalue weighted by Gasteiger charge is -2.34. The van der Waals surface area contributed by atoms with Crippen LogP contribution >= 0.6 is 0 Å². The van der Waals surface area contributed by atoms with Gasteiger partial charge in [0.25, 0.3) is 0 Å². The van der Waals surface area contributed by atoms with E-state index in [1.54, 1.807) is 12.1 Å². The first-order valence-electron chi connectivity index (χ1n) is 7.24. The van der Waals surface area contributed by atoms with Crippen LogP contribution in [0.15, 0.2) is 24.3 Å². The minimum absolute atomic E-state index is 0.0118. The van der Waals surface area contributed by atoms with E-state index in [-0.39, 0.29) is 11.2 Å². The molecule has 100 valence electrons. The highest BCUT2D eigenvalue weighted by Gasteiger charge is 2.34. The van der Waals surface area contributed by atoms with Crippen molar-refractivity contribution >= 4 is 0 Å². The van der Waals surface area contributed by atoms with E-state index in [1.807, 2.05) is 12.1 Å². The smallest absolute Gasteiger partial charge is 0.127 e. The van der Waals surface area contributed by atoms with Gasteiger partial charge in [-0.1, -0.05) is 50.8 Å². The van der Waals surface area contributed by atoms with Crippen LogP contribution in [0.25, 0.3) is 0 Å². The number of likely N-dealkylation sites (N-methyl/N-ethyl adjacent to an activating group) is 1. The van der Waals surface area contributed by atoms with Gasteiger partial charge in [-0.15, -0.1) is 0 Å². The summed E-state index contributed by atoms with van der Waals surface area (Å²) in [6, 6.07) is 7.35. The fourth-order valence-corrected chi connectivity index (χ4v) is 3.20. The molecule has 2 heteroatoms. The second kappa shape index (κ2) is 6.33. The van der Waals surface area contributed by atoms with Crippen LogP contribution in [0, 0.1) is 5.82 Å². The lowest BCUT2D eigenvalue weighted by atomic mass is 9.74. The summed E-state index contributed by atoms with van der Waals surface area (Å²) in [4.78, 5) is 0. The highest BCUT2D eigenvalue weighted by Crippen LogP contribution is 2.39. The lowest BCUT2D eigenvalue weighted by molar-refractivity contribution is 0.337. The Labute approximate surface area is 110 Å². The molecule has 1 fully saturated rings. The second-order valence-electron chi connectivity index (χ2n) is 5.45. The van der Waals surface area contributed by atoms with Gasteiger partial charge in [0.05, 0.1) is 0 Å². The molecule has 0 atom stereocenters. The van der Waals surface area contributed by atoms with E-state index in [0.717, 1.165) is 31.5 Å². The molecule has 18 heavy (non-hydrogen) atoms. The van der Waals surface area contributed by atoms with E-state index in [2.05, 4.69) is 12.2 Å². The molecule has 0 saturated heterocycles. The Bertz CT molecular complexity index is 367. The van der Waals surface area contributed by atoms with Crippen LogP contribution in [0.1, 0.15) is 51.0 Å². The topological polar surface area (TPSA) is 12.0 Å². The minimum atomic E-state index is -0.0303. The first kappa shape index (κ1) is 13.5. The second-order valence-corrected chi connectivity index (χ2v) is 5.45. The monoisotopic (exact) mass is 249 g/mol. The molecule has 1 nitrogen and oxygen atoms in total. The Morgan fingerprint density at radius 2 is 1.78 bits per heavy atom. The van der Waals surface area contributed by atoms with Gasteiger partial charge in [0.15, 0.2) is 0 Å². The Hall–Kier alpha value is -0.890. The third-order valence-corrected chi connectivity index (χ3v) is 4.22. The van der Waals surface area contributed by atoms with Gasteiger partial charge in [-0.05, 0) is 31.0 Å². The fourth-order valence-electron chi connectivity index (χ4n) is 3.20. The molecule has 0 amide bonds. The molecule has 1 aliphatic carbocycles. The van der Waals surface area contributed by atoms with E-state index in [9.17, 15) is 4.39 Å². The molecule has 2 rings (SSSR count). The van der Waals surface area contributed by atoms with E-state index >= 15 is 0 Å². The third kappa shape index (κ3) is 2.92. The van der Waals surface area contributed by atoms with Crippen molar-refractivity contribution < 1.29 is 4.39 Å². The third-order valence-electron chi connectivity index (χ3n) is 4.22. The highest BCUT2D eigenvalue weighted by atomic mass is 19.1. The van der Waals surface area contributed by atoms with Crippen molar-refractivity contribution in [1.82, 2.24) is 5.32 Å². The van der Waals surface area contributed by atoms with Crippen molar-refractivity contribution in [2.24, 2.45) is 0 Å². The van der Waals surface area contributed by atoms with E-state index in [4.69, 9.17) is 0 Å². The van der Waals surface area contributed by atoms with Crippen LogP contribution in [-0.4, -0.2) is 13.1 Å². The van der Waals surface area contributed by atoms with Gasteiger partial charge in [-0.3, -0.25) is 0 Å². The molecule has 0 aromatic heterocycles. The first-order chi connectivity index (χ1) is 8.78. The van der Waals surface area contributed by atoms with Crippen LogP contribution in [0.5, 0.6) is 0 Å². The Morgan fingerprint density at radius 3 is 2.39 bits per heavy atom. The molecule has 1 aromatic rings. The van der Waals surface area contributed by atoms with Gasteiger partial charge >= 0.3 is 0 Å². The molecule has 0 spiro atoms. The van der Waals surface area contributed by atoms with Crippen molar-refractivity contribution in [3.63, 3.8) is 0 Å². The molecule has 1 aliphatic rings. The average Bonchev–Trinajstić information content (AvgIpc) is 2.63. The molecular formula is C16H24FN. The summed E-state index contributed by atoms with van der Waals surface area (Å²) < 4.78 is 14.2. The van der Waals surface area contributed by atoms with E-state index < -0.39 is 0 Å². The average molecular weight is 249 g/mol. The Kier molecular flexibility index (Phi) is 4.76. The zero-order valence-corrected chi connectivity index (χ0v) is 11.3. The van der Waals surface area contributed by atoms with Gasteiger partial charge in [0, 0.05) is 12.0 Å². The summed E-state index contributed by atoms with van der Waals surface area (Å²) in [5, 5.41) is 3.45. The van der Waals surface area contributed by atoms with Crippen molar-refractivity contribution in [3.05, 3.63) is 35.6 Å². The van der Waals surface area contributed by atoms with Gasteiger partial charge in [-0.2, -0.15) is 0 Å². The van der Waals surface area contributed by atoms with Gasteiger partial charge in [0.2, 0.25) is 0 Å². The van der Waals surface area contributed by atoms with Crippen molar-refractivity contribution in [3.8, 4) is 0 Å². The summed E-state index contributed by atoms with van der Waals surface area (Å²) in [5.41, 5.74) is 0.936. The summed E-state index contributed by atoms with van der Waals surface area (Å²) in [7, 11) is 0. The maximum Gasteiger partial charge on any atom is 0.127 e. The van der Waals surface area contributed by atoms with Crippen LogP contribution in [0.2, 0.25) is 0 Å². The summed E-state index contributed by atoms with van der Waals surface area (Å²) in [6.45, 7) is 3.98. The van der Waals surface area contributed by atoms with Crippen molar-refractivity contribution in [1.29, 1.82) is 0 Å². The number of hydrogen-bond donors (Lipinski definition) is 1. The first-order valence-corrected chi connectivity index (χ1v) is 7.24. The van der Waals surface area contributed by atoms with Gasteiger partial charge in [-0.25, -0.2) is 4.39 Å². The molecule has 0 heterocycles. The summed E-state index contributed by atoms with van der Waals surface area (Å²) >= 11 is 0. The highest BCUT2D eigenvalue weighted by molar-refractivity contribution is 5.28. The molecule has 1 aromatic carbocycles. The quantitative estimate of drug-likeness (QED) is 0.794. The number of rotatable bonds is 4. The maximum absolute atomic E-state index is 14.2. The van der Waals surface area contributed by atoms with Crippen LogP contribution in [0.4, 0.5) is 4.39 Å². The Morgan fingerprint density at radius 1 is 1.11 bits per heavy atom. The molecular weight excluding hydrogens is 225 g/mol. The zero-order valence-electron chi connectivity index (χ0n) is 11.3. The Balaban J connectivity index is 2.31. The predicted octanol–water partition coefficient (Wildman–Crippen LogP) is 4.03. The molecule has 0 bridgehead atoms. The molecule has 0 unspecified atom stereocenters. The van der Waals surface area contributed by atoms with Crippen LogP contribution < -0.4 is 5.32 Å². The van der Waals surface area contributed by atoms with E-state index in [1.165, 1.54) is 25.7 Å². The molecule has 1 N–H and O–H groups in total. The van der Waals surface area contributed by atoms with Crippen LogP contribution in [0.3, 0.4) is 0 Å². The number of hydrogen-bond acceptors (Lipinski definition) is 1. The number of benzene rings is 1. The number of halogens is 1. The van der Waals surface area contributed by atoms with Gasteiger partial charge < -0.3 is 5.32 Å². The van der Waals surface area contributed by atoms with Crippen molar-refractivity contribution in [2.75, 3.05) is 13.1 Å². The number of nitrogens with one attached hydrogen (secondary N) is 1. The minimum Gasteiger partial charge on any atom is -0.316 e. The molecule has 0 radical (unpaired) electrons.